The Hall–Kier alpha value is -2.06. The summed E-state index contributed by atoms with van der Waals surface area (Å²) in [4.78, 5) is 23.6. The zero-order chi connectivity index (χ0) is 13.9. The molecule has 2 aromatic rings. The van der Waals surface area contributed by atoms with Crippen LogP contribution in [0, 0.1) is 0 Å². The van der Waals surface area contributed by atoms with E-state index in [9.17, 15) is 4.79 Å². The van der Waals surface area contributed by atoms with Crippen molar-refractivity contribution in [1.82, 2.24) is 25.4 Å². The highest BCUT2D eigenvalue weighted by atomic mass is 35.5. The number of nitrogens with one attached hydrogen (secondary N) is 2. The highest BCUT2D eigenvalue weighted by Crippen LogP contribution is 2.21. The molecule has 1 atom stereocenters. The van der Waals surface area contributed by atoms with Crippen LogP contribution in [0.5, 0.6) is 0 Å². The predicted molar refractivity (Wildman–Crippen MR) is 69.3 cm³/mol. The number of carbonyl (C=O) groups excluding carboxylic acids is 1. The Bertz CT molecular complexity index is 625. The quantitative estimate of drug-likeness (QED) is 0.819. The summed E-state index contributed by atoms with van der Waals surface area (Å²) < 4.78 is 5.09. The molecule has 1 fully saturated rings. The lowest BCUT2D eigenvalue weighted by molar-refractivity contribution is 0.101. The zero-order valence-electron chi connectivity index (χ0n) is 10.3. The Morgan fingerprint density at radius 3 is 3.15 bits per heavy atom. The fraction of sp³-hybridized carbons (Fsp3) is 0.364. The van der Waals surface area contributed by atoms with E-state index in [0.717, 1.165) is 19.4 Å². The number of rotatable bonds is 3. The maximum absolute atomic E-state index is 11.9. The summed E-state index contributed by atoms with van der Waals surface area (Å²) in [6.07, 6.45) is 3.22. The summed E-state index contributed by atoms with van der Waals surface area (Å²) in [5, 5.41) is 9.64. The number of carbonyl (C=O) groups is 1. The van der Waals surface area contributed by atoms with Crippen molar-refractivity contribution in [2.45, 2.75) is 18.9 Å². The number of halogens is 1. The third-order valence-electron chi connectivity index (χ3n) is 2.88. The van der Waals surface area contributed by atoms with E-state index in [1.54, 1.807) is 0 Å². The van der Waals surface area contributed by atoms with Crippen molar-refractivity contribution in [3.05, 3.63) is 29.3 Å². The summed E-state index contributed by atoms with van der Waals surface area (Å²) >= 11 is 5.70. The molecule has 1 saturated heterocycles. The fourth-order valence-electron chi connectivity index (χ4n) is 1.94. The first-order valence-electron chi connectivity index (χ1n) is 6.08. The third kappa shape index (κ3) is 2.75. The number of amides is 1. The van der Waals surface area contributed by atoms with Crippen LogP contribution in [0.2, 0.25) is 5.15 Å². The van der Waals surface area contributed by atoms with Crippen LogP contribution in [0.1, 0.15) is 35.4 Å². The maximum Gasteiger partial charge on any atom is 0.298 e. The van der Waals surface area contributed by atoms with Gasteiger partial charge in [0.2, 0.25) is 5.89 Å². The van der Waals surface area contributed by atoms with Crippen molar-refractivity contribution >= 4 is 23.3 Å². The second-order valence-corrected chi connectivity index (χ2v) is 4.67. The summed E-state index contributed by atoms with van der Waals surface area (Å²) in [6, 6.07) is 1.46. The second-order valence-electron chi connectivity index (χ2n) is 4.29. The number of hydrogen-bond acceptors (Lipinski definition) is 7. The van der Waals surface area contributed by atoms with Gasteiger partial charge in [-0.05, 0) is 19.4 Å². The molecule has 3 heterocycles. The lowest BCUT2D eigenvalue weighted by Gasteiger charge is -2.01. The molecule has 0 saturated carbocycles. The number of aromatic nitrogens is 4. The van der Waals surface area contributed by atoms with Crippen LogP contribution in [0.25, 0.3) is 0 Å². The van der Waals surface area contributed by atoms with Crippen LogP contribution in [0.3, 0.4) is 0 Å². The van der Waals surface area contributed by atoms with Crippen molar-refractivity contribution in [3.63, 3.8) is 0 Å². The first-order chi connectivity index (χ1) is 9.72. The maximum atomic E-state index is 11.9. The van der Waals surface area contributed by atoms with E-state index in [4.69, 9.17) is 16.1 Å². The lowest BCUT2D eigenvalue weighted by atomic mass is 10.2. The number of hydrogen-bond donors (Lipinski definition) is 2. The summed E-state index contributed by atoms with van der Waals surface area (Å²) in [6.45, 7) is 0.911. The third-order valence-corrected chi connectivity index (χ3v) is 3.09. The van der Waals surface area contributed by atoms with Crippen molar-refractivity contribution in [1.29, 1.82) is 0 Å². The van der Waals surface area contributed by atoms with E-state index < -0.39 is 5.91 Å². The largest absolute Gasteiger partial charge is 0.337 e. The molecule has 0 bridgehead atoms. The van der Waals surface area contributed by atoms with Gasteiger partial charge in [0.05, 0.1) is 6.04 Å². The summed E-state index contributed by atoms with van der Waals surface area (Å²) in [5.74, 6) is 0.157. The van der Waals surface area contributed by atoms with Gasteiger partial charge in [-0.15, -0.1) is 0 Å². The predicted octanol–water partition coefficient (Wildman–Crippen LogP) is 1.19. The summed E-state index contributed by atoms with van der Waals surface area (Å²) in [7, 11) is 0. The Morgan fingerprint density at radius 1 is 1.50 bits per heavy atom. The van der Waals surface area contributed by atoms with Crippen LogP contribution in [-0.2, 0) is 0 Å². The molecular formula is C11H11ClN6O2. The molecule has 3 rings (SSSR count). The van der Waals surface area contributed by atoms with E-state index in [0.29, 0.717) is 5.89 Å². The van der Waals surface area contributed by atoms with Crippen LogP contribution in [-0.4, -0.2) is 32.6 Å². The van der Waals surface area contributed by atoms with Gasteiger partial charge in [0.25, 0.3) is 11.7 Å². The normalized spacial score (nSPS) is 18.1. The van der Waals surface area contributed by atoms with Gasteiger partial charge in [-0.25, -0.2) is 9.97 Å². The molecule has 0 aliphatic carbocycles. The van der Waals surface area contributed by atoms with E-state index in [1.807, 2.05) is 0 Å². The molecular weight excluding hydrogens is 284 g/mol. The topological polar surface area (TPSA) is 106 Å². The molecule has 0 radical (unpaired) electrons. The lowest BCUT2D eigenvalue weighted by Crippen LogP contribution is -2.16. The SMILES string of the molecule is O=C(Nc1cc(Cl)ncn1)c1noc(C2CCCN2)n1. The van der Waals surface area contributed by atoms with Crippen molar-refractivity contribution in [3.8, 4) is 0 Å². The van der Waals surface area contributed by atoms with Crippen molar-refractivity contribution < 1.29 is 9.32 Å². The van der Waals surface area contributed by atoms with Crippen LogP contribution in [0.4, 0.5) is 5.82 Å². The molecule has 1 amide bonds. The molecule has 1 aliphatic rings. The van der Waals surface area contributed by atoms with Gasteiger partial charge >= 0.3 is 0 Å². The van der Waals surface area contributed by atoms with Gasteiger partial charge in [-0.1, -0.05) is 16.8 Å². The van der Waals surface area contributed by atoms with E-state index >= 15 is 0 Å². The molecule has 9 heteroatoms. The van der Waals surface area contributed by atoms with Gasteiger partial charge in [-0.3, -0.25) is 4.79 Å². The molecule has 104 valence electrons. The molecule has 8 nitrogen and oxygen atoms in total. The van der Waals surface area contributed by atoms with Gasteiger partial charge in [0.1, 0.15) is 17.3 Å². The molecule has 0 spiro atoms. The summed E-state index contributed by atoms with van der Waals surface area (Å²) in [5.41, 5.74) is 0. The standard InChI is InChI=1S/C11H11ClN6O2/c12-7-4-8(15-5-14-7)16-10(19)9-17-11(20-18-9)6-2-1-3-13-6/h4-6,13H,1-3H2,(H,14,15,16,19). The molecule has 20 heavy (non-hydrogen) atoms. The number of anilines is 1. The van der Waals surface area contributed by atoms with Crippen LogP contribution in [0.15, 0.2) is 16.9 Å². The Labute approximate surface area is 118 Å². The minimum Gasteiger partial charge on any atom is -0.337 e. The van der Waals surface area contributed by atoms with Crippen molar-refractivity contribution in [2.24, 2.45) is 0 Å². The first-order valence-corrected chi connectivity index (χ1v) is 6.46. The average Bonchev–Trinajstić information content (AvgIpc) is 3.10. The van der Waals surface area contributed by atoms with E-state index in [-0.39, 0.29) is 22.8 Å². The molecule has 0 aromatic carbocycles. The van der Waals surface area contributed by atoms with Crippen LogP contribution < -0.4 is 10.6 Å². The Balaban J connectivity index is 1.71. The van der Waals surface area contributed by atoms with Crippen molar-refractivity contribution in [2.75, 3.05) is 11.9 Å². The molecule has 1 aliphatic heterocycles. The monoisotopic (exact) mass is 294 g/mol. The fourth-order valence-corrected chi connectivity index (χ4v) is 2.09. The highest BCUT2D eigenvalue weighted by molar-refractivity contribution is 6.29. The molecule has 2 aromatic heterocycles. The smallest absolute Gasteiger partial charge is 0.298 e. The van der Waals surface area contributed by atoms with Gasteiger partial charge < -0.3 is 15.2 Å². The van der Waals surface area contributed by atoms with Gasteiger partial charge in [0, 0.05) is 6.07 Å². The van der Waals surface area contributed by atoms with E-state index in [2.05, 4.69) is 30.7 Å². The molecule has 2 N–H and O–H groups in total. The van der Waals surface area contributed by atoms with E-state index in [1.165, 1.54) is 12.4 Å². The number of nitrogens with zero attached hydrogens (tertiary/aromatic N) is 4. The highest BCUT2D eigenvalue weighted by Gasteiger charge is 2.24. The minimum absolute atomic E-state index is 0.0255. The Kier molecular flexibility index (Phi) is 3.57. The van der Waals surface area contributed by atoms with Gasteiger partial charge in [-0.2, -0.15) is 4.98 Å². The second kappa shape index (κ2) is 5.51. The zero-order valence-corrected chi connectivity index (χ0v) is 11.1. The minimum atomic E-state index is -0.507. The average molecular weight is 295 g/mol. The Morgan fingerprint density at radius 2 is 2.40 bits per heavy atom. The van der Waals surface area contributed by atoms with Gasteiger partial charge in [0.15, 0.2) is 0 Å². The van der Waals surface area contributed by atoms with Crippen LogP contribution >= 0.6 is 11.6 Å². The first kappa shape index (κ1) is 12.9. The molecule has 1 unspecified atom stereocenters.